The number of anilines is 1. The van der Waals surface area contributed by atoms with Crippen LogP contribution in [-0.4, -0.2) is 10.1 Å². The van der Waals surface area contributed by atoms with Crippen molar-refractivity contribution in [1.29, 1.82) is 5.26 Å². The van der Waals surface area contributed by atoms with Gasteiger partial charge in [0.2, 0.25) is 0 Å². The zero-order valence-corrected chi connectivity index (χ0v) is 10.0. The number of hydrogen-bond donors (Lipinski definition) is 2. The number of aryl methyl sites for hydroxylation is 1. The van der Waals surface area contributed by atoms with Crippen LogP contribution in [-0.2, 0) is 6.54 Å². The lowest BCUT2D eigenvalue weighted by Crippen LogP contribution is -2.04. The third-order valence-electron chi connectivity index (χ3n) is 2.58. The summed E-state index contributed by atoms with van der Waals surface area (Å²) in [5.41, 5.74) is 2.73. The van der Waals surface area contributed by atoms with Crippen LogP contribution in [0, 0.1) is 18.3 Å². The van der Waals surface area contributed by atoms with E-state index in [2.05, 4.69) is 16.4 Å². The lowest BCUT2D eigenvalue weighted by Gasteiger charge is -2.09. The molecule has 0 aliphatic rings. The maximum absolute atomic E-state index is 9.67. The van der Waals surface area contributed by atoms with Crippen molar-refractivity contribution < 1.29 is 5.11 Å². The molecule has 0 saturated heterocycles. The molecule has 0 unspecified atom stereocenters. The number of hydrogen-bond acceptors (Lipinski definition) is 4. The summed E-state index contributed by atoms with van der Waals surface area (Å²) in [7, 11) is 0. The summed E-state index contributed by atoms with van der Waals surface area (Å²) in [4.78, 5) is 4.25. The third-order valence-corrected chi connectivity index (χ3v) is 2.58. The first kappa shape index (κ1) is 11.9. The van der Waals surface area contributed by atoms with E-state index in [0.717, 1.165) is 11.4 Å². The van der Waals surface area contributed by atoms with Gasteiger partial charge in [-0.3, -0.25) is 4.98 Å². The molecule has 0 bridgehead atoms. The fraction of sp³-hybridized carbons (Fsp3) is 0.143. The fourth-order valence-corrected chi connectivity index (χ4v) is 1.65. The molecule has 4 heteroatoms. The molecule has 0 spiro atoms. The number of benzene rings is 1. The van der Waals surface area contributed by atoms with Crippen molar-refractivity contribution in [2.75, 3.05) is 5.32 Å². The summed E-state index contributed by atoms with van der Waals surface area (Å²) in [5, 5.41) is 21.7. The summed E-state index contributed by atoms with van der Waals surface area (Å²) < 4.78 is 0. The Kier molecular flexibility index (Phi) is 3.44. The van der Waals surface area contributed by atoms with Gasteiger partial charge in [0.05, 0.1) is 17.8 Å². The van der Waals surface area contributed by atoms with Gasteiger partial charge in [0, 0.05) is 5.69 Å². The molecule has 0 radical (unpaired) electrons. The second kappa shape index (κ2) is 5.19. The summed E-state index contributed by atoms with van der Waals surface area (Å²) in [6, 6.07) is 12.7. The summed E-state index contributed by atoms with van der Waals surface area (Å²) >= 11 is 0. The molecule has 0 atom stereocenters. The van der Waals surface area contributed by atoms with Crippen LogP contribution in [0.3, 0.4) is 0 Å². The number of aromatic hydroxyl groups is 1. The van der Waals surface area contributed by atoms with E-state index in [4.69, 9.17) is 5.26 Å². The Bertz CT molecular complexity index is 602. The van der Waals surface area contributed by atoms with Crippen LogP contribution in [0.1, 0.15) is 17.0 Å². The van der Waals surface area contributed by atoms with Crippen molar-refractivity contribution in [3.05, 3.63) is 53.3 Å². The normalized spacial score (nSPS) is 9.78. The van der Waals surface area contributed by atoms with Crippen molar-refractivity contribution in [2.45, 2.75) is 13.5 Å². The molecule has 2 aromatic rings. The van der Waals surface area contributed by atoms with Gasteiger partial charge < -0.3 is 10.4 Å². The topological polar surface area (TPSA) is 68.9 Å². The number of nitrogens with one attached hydrogen (secondary N) is 1. The van der Waals surface area contributed by atoms with E-state index >= 15 is 0 Å². The standard InChI is InChI=1S/C14H13N3O/c1-10-6-7-14(18)13(17-10)9-16-12-5-3-2-4-11(12)8-15/h2-7,16,18H,9H2,1H3. The quantitative estimate of drug-likeness (QED) is 0.863. The highest BCUT2D eigenvalue weighted by Gasteiger charge is 2.05. The molecule has 2 N–H and O–H groups in total. The number of nitriles is 1. The maximum Gasteiger partial charge on any atom is 0.138 e. The second-order valence-electron chi connectivity index (χ2n) is 3.93. The Morgan fingerprint density at radius 2 is 2.06 bits per heavy atom. The molecule has 0 saturated carbocycles. The Labute approximate surface area is 106 Å². The van der Waals surface area contributed by atoms with Gasteiger partial charge in [-0.25, -0.2) is 0 Å². The molecule has 90 valence electrons. The van der Waals surface area contributed by atoms with E-state index in [9.17, 15) is 5.11 Å². The molecule has 0 fully saturated rings. The van der Waals surface area contributed by atoms with Crippen molar-refractivity contribution in [2.24, 2.45) is 0 Å². The van der Waals surface area contributed by atoms with Crippen LogP contribution in [0.25, 0.3) is 0 Å². The van der Waals surface area contributed by atoms with E-state index < -0.39 is 0 Å². The molecule has 1 aromatic carbocycles. The SMILES string of the molecule is Cc1ccc(O)c(CNc2ccccc2C#N)n1. The fourth-order valence-electron chi connectivity index (χ4n) is 1.65. The Balaban J connectivity index is 2.17. The highest BCUT2D eigenvalue weighted by Crippen LogP contribution is 2.18. The average Bonchev–Trinajstić information content (AvgIpc) is 2.40. The van der Waals surface area contributed by atoms with Crippen LogP contribution in [0.2, 0.25) is 0 Å². The first-order chi connectivity index (χ1) is 8.70. The highest BCUT2D eigenvalue weighted by molar-refractivity contribution is 5.57. The average molecular weight is 239 g/mol. The minimum atomic E-state index is 0.155. The molecule has 1 heterocycles. The summed E-state index contributed by atoms with van der Waals surface area (Å²) in [6.45, 7) is 2.25. The smallest absolute Gasteiger partial charge is 0.138 e. The molecule has 2 rings (SSSR count). The number of pyridine rings is 1. The van der Waals surface area contributed by atoms with Crippen LogP contribution in [0.4, 0.5) is 5.69 Å². The zero-order valence-electron chi connectivity index (χ0n) is 10.0. The number of aromatic nitrogens is 1. The number of para-hydroxylation sites is 1. The number of nitrogens with zero attached hydrogens (tertiary/aromatic N) is 2. The maximum atomic E-state index is 9.67. The van der Waals surface area contributed by atoms with Gasteiger partial charge in [-0.1, -0.05) is 12.1 Å². The van der Waals surface area contributed by atoms with Gasteiger partial charge in [-0.2, -0.15) is 5.26 Å². The molecule has 1 aromatic heterocycles. The van der Waals surface area contributed by atoms with Crippen LogP contribution in [0.15, 0.2) is 36.4 Å². The molecule has 0 amide bonds. The molecule has 0 aliphatic carbocycles. The van der Waals surface area contributed by atoms with Crippen molar-refractivity contribution in [3.8, 4) is 11.8 Å². The molecule has 18 heavy (non-hydrogen) atoms. The predicted octanol–water partition coefficient (Wildman–Crippen LogP) is 2.58. The van der Waals surface area contributed by atoms with Crippen LogP contribution < -0.4 is 5.32 Å². The largest absolute Gasteiger partial charge is 0.506 e. The van der Waals surface area contributed by atoms with Crippen molar-refractivity contribution in [1.82, 2.24) is 4.98 Å². The monoisotopic (exact) mass is 239 g/mol. The lowest BCUT2D eigenvalue weighted by atomic mass is 10.2. The first-order valence-electron chi connectivity index (χ1n) is 5.59. The van der Waals surface area contributed by atoms with Crippen LogP contribution >= 0.6 is 0 Å². The third kappa shape index (κ3) is 2.58. The van der Waals surface area contributed by atoms with Gasteiger partial charge in [0.25, 0.3) is 0 Å². The zero-order chi connectivity index (χ0) is 13.0. The van der Waals surface area contributed by atoms with E-state index in [1.807, 2.05) is 25.1 Å². The first-order valence-corrected chi connectivity index (χ1v) is 5.59. The second-order valence-corrected chi connectivity index (χ2v) is 3.93. The van der Waals surface area contributed by atoms with Gasteiger partial charge in [0.15, 0.2) is 0 Å². The Hall–Kier alpha value is -2.54. The minimum absolute atomic E-state index is 0.155. The van der Waals surface area contributed by atoms with Gasteiger partial charge in [-0.05, 0) is 31.2 Å². The van der Waals surface area contributed by atoms with Crippen LogP contribution in [0.5, 0.6) is 5.75 Å². The van der Waals surface area contributed by atoms with Gasteiger partial charge in [-0.15, -0.1) is 0 Å². The minimum Gasteiger partial charge on any atom is -0.506 e. The Morgan fingerprint density at radius 1 is 1.28 bits per heavy atom. The van der Waals surface area contributed by atoms with Crippen molar-refractivity contribution >= 4 is 5.69 Å². The molecular weight excluding hydrogens is 226 g/mol. The van der Waals surface area contributed by atoms with E-state index in [1.165, 1.54) is 0 Å². The van der Waals surface area contributed by atoms with E-state index in [1.54, 1.807) is 18.2 Å². The predicted molar refractivity (Wildman–Crippen MR) is 69.1 cm³/mol. The van der Waals surface area contributed by atoms with Gasteiger partial charge >= 0.3 is 0 Å². The molecule has 4 nitrogen and oxygen atoms in total. The lowest BCUT2D eigenvalue weighted by molar-refractivity contribution is 0.464. The van der Waals surface area contributed by atoms with Gasteiger partial charge in [0.1, 0.15) is 17.5 Å². The Morgan fingerprint density at radius 3 is 2.83 bits per heavy atom. The van der Waals surface area contributed by atoms with Crippen molar-refractivity contribution in [3.63, 3.8) is 0 Å². The molecule has 0 aliphatic heterocycles. The summed E-state index contributed by atoms with van der Waals surface area (Å²) in [5.74, 6) is 0.155. The molecular formula is C14H13N3O. The highest BCUT2D eigenvalue weighted by atomic mass is 16.3. The van der Waals surface area contributed by atoms with E-state index in [0.29, 0.717) is 17.8 Å². The number of rotatable bonds is 3. The van der Waals surface area contributed by atoms with E-state index in [-0.39, 0.29) is 5.75 Å². The summed E-state index contributed by atoms with van der Waals surface area (Å²) in [6.07, 6.45) is 0.